The van der Waals surface area contributed by atoms with Crippen molar-refractivity contribution in [3.63, 3.8) is 0 Å². The first kappa shape index (κ1) is 19.2. The number of carbonyl (C=O) groups is 1. The highest BCUT2D eigenvalue weighted by atomic mass is 32.2. The Hall–Kier alpha value is -2.56. The van der Waals surface area contributed by atoms with Crippen LogP contribution in [-0.4, -0.2) is 31.9 Å². The lowest BCUT2D eigenvalue weighted by Crippen LogP contribution is -2.39. The summed E-state index contributed by atoms with van der Waals surface area (Å²) in [7, 11) is -1.93. The van der Waals surface area contributed by atoms with Crippen LogP contribution in [0.1, 0.15) is 23.0 Å². The number of amides is 1. The van der Waals surface area contributed by atoms with Gasteiger partial charge in [0.15, 0.2) is 11.6 Å². The molecule has 3 rings (SSSR count). The molecule has 2 heterocycles. The summed E-state index contributed by atoms with van der Waals surface area (Å²) in [4.78, 5) is 12.8. The van der Waals surface area contributed by atoms with E-state index in [2.05, 4.69) is 10.0 Å². The van der Waals surface area contributed by atoms with E-state index in [0.717, 1.165) is 12.1 Å². The number of aromatic nitrogens is 1. The predicted octanol–water partition coefficient (Wildman–Crippen LogP) is 2.24. The van der Waals surface area contributed by atoms with Gasteiger partial charge in [0.1, 0.15) is 15.6 Å². The molecule has 0 saturated carbocycles. The van der Waals surface area contributed by atoms with Gasteiger partial charge in [0.25, 0.3) is 5.91 Å². The van der Waals surface area contributed by atoms with Crippen molar-refractivity contribution in [3.05, 3.63) is 53.4 Å². The monoisotopic (exact) mass is 396 g/mol. The van der Waals surface area contributed by atoms with Crippen molar-refractivity contribution >= 4 is 27.6 Å². The van der Waals surface area contributed by atoms with Crippen molar-refractivity contribution in [2.45, 2.75) is 24.0 Å². The number of hydrogen-bond acceptors (Lipinski definition) is 4. The van der Waals surface area contributed by atoms with Crippen LogP contribution in [0.2, 0.25) is 0 Å². The Balaban J connectivity index is 2.03. The van der Waals surface area contributed by atoms with E-state index in [1.807, 2.05) is 0 Å². The molecule has 1 aromatic heterocycles. The summed E-state index contributed by atoms with van der Waals surface area (Å²) in [5.74, 6) is -2.77. The molecule has 0 bridgehead atoms. The molecule has 27 heavy (non-hydrogen) atoms. The van der Waals surface area contributed by atoms with E-state index < -0.39 is 39.6 Å². The number of nitrogens with zero attached hydrogens (tertiary/aromatic N) is 1. The van der Waals surface area contributed by atoms with Gasteiger partial charge in [0, 0.05) is 30.6 Å². The fraction of sp³-hybridized carbons (Fsp3) is 0.235. The molecule has 0 spiro atoms. The zero-order chi connectivity index (χ0) is 19.9. The van der Waals surface area contributed by atoms with Crippen molar-refractivity contribution in [1.29, 1.82) is 4.78 Å². The second-order valence-electron chi connectivity index (χ2n) is 6.25. The number of rotatable bonds is 3. The summed E-state index contributed by atoms with van der Waals surface area (Å²) in [5, 5.41) is 12.2. The van der Waals surface area contributed by atoms with E-state index in [1.54, 1.807) is 7.05 Å². The van der Waals surface area contributed by atoms with Crippen molar-refractivity contribution in [2.75, 3.05) is 5.32 Å². The average Bonchev–Trinajstić information content (AvgIpc) is 2.85. The van der Waals surface area contributed by atoms with Gasteiger partial charge in [-0.3, -0.25) is 4.79 Å². The Morgan fingerprint density at radius 2 is 2.11 bits per heavy atom. The van der Waals surface area contributed by atoms with Gasteiger partial charge in [-0.15, -0.1) is 0 Å². The van der Waals surface area contributed by atoms with Gasteiger partial charge in [-0.1, -0.05) is 12.2 Å². The molecule has 7 nitrogen and oxygen atoms in total. The minimum Gasteiger partial charge on any atom is -0.391 e. The van der Waals surface area contributed by atoms with Crippen molar-refractivity contribution in [2.24, 2.45) is 7.05 Å². The first-order valence-electron chi connectivity index (χ1n) is 7.98. The highest BCUT2D eigenvalue weighted by Crippen LogP contribution is 2.28. The maximum absolute atomic E-state index is 13.4. The lowest BCUT2D eigenvalue weighted by molar-refractivity contribution is 0.101. The fourth-order valence-corrected chi connectivity index (χ4v) is 4.37. The fourth-order valence-electron chi connectivity index (χ4n) is 2.81. The molecule has 1 aliphatic heterocycles. The maximum atomic E-state index is 13.4. The second-order valence-corrected chi connectivity index (χ2v) is 8.04. The summed E-state index contributed by atoms with van der Waals surface area (Å²) in [6.07, 6.45) is 3.54. The number of benzene rings is 1. The minimum atomic E-state index is -3.48. The van der Waals surface area contributed by atoms with Crippen LogP contribution in [0.4, 0.5) is 14.5 Å². The molecule has 4 N–H and O–H groups in total. The maximum Gasteiger partial charge on any atom is 0.272 e. The van der Waals surface area contributed by atoms with Crippen LogP contribution in [0, 0.1) is 16.4 Å². The molecule has 10 heteroatoms. The lowest BCUT2D eigenvalue weighted by atomic mass is 10.1. The molecule has 1 aliphatic rings. The molecule has 0 fully saturated rings. The third-order valence-corrected chi connectivity index (χ3v) is 5.73. The number of anilines is 1. The average molecular weight is 396 g/mol. The standard InChI is InChI=1S/C17H18F2N4O3S/c1-9(24)14-6-4-11-15(27(20,26)22-14)8-23(2)16(11)17(25)21-10-3-5-12(18)13(19)7-10/h3-9,14,24H,1-2H3,(H,21,25)(H2,20,22,26)/t9-,14+,27?/m0/s1. The van der Waals surface area contributed by atoms with Crippen molar-refractivity contribution < 1.29 is 22.9 Å². The third-order valence-electron chi connectivity index (χ3n) is 4.18. The minimum absolute atomic E-state index is 0.0537. The van der Waals surface area contributed by atoms with E-state index in [-0.39, 0.29) is 21.8 Å². The van der Waals surface area contributed by atoms with E-state index in [9.17, 15) is 22.9 Å². The number of aliphatic hydroxyl groups excluding tert-OH is 1. The molecule has 1 amide bonds. The number of hydrogen-bond donors (Lipinski definition) is 4. The Bertz CT molecular complexity index is 1040. The smallest absolute Gasteiger partial charge is 0.272 e. The number of nitrogens with one attached hydrogen (secondary N) is 3. The van der Waals surface area contributed by atoms with Crippen LogP contribution in [0.15, 0.2) is 35.4 Å². The van der Waals surface area contributed by atoms with Crippen LogP contribution < -0.4 is 10.0 Å². The molecule has 0 radical (unpaired) electrons. The highest BCUT2D eigenvalue weighted by molar-refractivity contribution is 7.90. The number of halogens is 2. The summed E-state index contributed by atoms with van der Waals surface area (Å²) >= 11 is 0. The van der Waals surface area contributed by atoms with Crippen LogP contribution in [-0.2, 0) is 17.0 Å². The largest absolute Gasteiger partial charge is 0.391 e. The van der Waals surface area contributed by atoms with Gasteiger partial charge in [-0.05, 0) is 19.1 Å². The lowest BCUT2D eigenvalue weighted by Gasteiger charge is -2.17. The van der Waals surface area contributed by atoms with Gasteiger partial charge < -0.3 is 15.0 Å². The summed E-state index contributed by atoms with van der Waals surface area (Å²) in [5.41, 5.74) is 0.408. The summed E-state index contributed by atoms with van der Waals surface area (Å²) in [6.45, 7) is 1.49. The molecule has 0 aliphatic carbocycles. The molecule has 144 valence electrons. The number of aliphatic hydroxyl groups is 1. The van der Waals surface area contributed by atoms with E-state index in [4.69, 9.17) is 4.78 Å². The Morgan fingerprint density at radius 3 is 2.74 bits per heavy atom. The summed E-state index contributed by atoms with van der Waals surface area (Å²) < 4.78 is 51.3. The topological polar surface area (TPSA) is 107 Å². The van der Waals surface area contributed by atoms with Gasteiger partial charge in [-0.25, -0.2) is 22.5 Å². The molecule has 1 aromatic carbocycles. The van der Waals surface area contributed by atoms with E-state index in [1.165, 1.54) is 35.9 Å². The Morgan fingerprint density at radius 1 is 1.41 bits per heavy atom. The predicted molar refractivity (Wildman–Crippen MR) is 96.5 cm³/mol. The van der Waals surface area contributed by atoms with Crippen LogP contribution in [0.25, 0.3) is 6.08 Å². The first-order chi connectivity index (χ1) is 12.6. The quantitative estimate of drug-likeness (QED) is 0.639. The third kappa shape index (κ3) is 3.64. The van der Waals surface area contributed by atoms with Gasteiger partial charge in [0.2, 0.25) is 0 Å². The van der Waals surface area contributed by atoms with Gasteiger partial charge in [-0.2, -0.15) is 0 Å². The molecule has 0 saturated heterocycles. The Kier molecular flexibility index (Phi) is 4.89. The van der Waals surface area contributed by atoms with Crippen molar-refractivity contribution in [3.8, 4) is 0 Å². The zero-order valence-electron chi connectivity index (χ0n) is 14.5. The van der Waals surface area contributed by atoms with Crippen molar-refractivity contribution in [1.82, 2.24) is 9.29 Å². The molecule has 3 atom stereocenters. The van der Waals surface area contributed by atoms with Gasteiger partial charge >= 0.3 is 0 Å². The Labute approximate surface area is 154 Å². The zero-order valence-corrected chi connectivity index (χ0v) is 15.3. The first-order valence-corrected chi connectivity index (χ1v) is 9.54. The van der Waals surface area contributed by atoms with Crippen LogP contribution in [0.3, 0.4) is 0 Å². The molecular formula is C17H18F2N4O3S. The highest BCUT2D eigenvalue weighted by Gasteiger charge is 2.29. The van der Waals surface area contributed by atoms with Crippen LogP contribution >= 0.6 is 0 Å². The SMILES string of the molecule is C[C@H](O)[C@H]1C=Cc2c(cn(C)c2C(=O)Nc2ccc(F)c(F)c2)S(=N)(=O)N1. The normalized spacial score (nSPS) is 22.8. The van der Waals surface area contributed by atoms with Gasteiger partial charge in [0.05, 0.1) is 17.0 Å². The summed E-state index contributed by atoms with van der Waals surface area (Å²) in [6, 6.07) is 2.23. The second kappa shape index (κ2) is 6.87. The molecule has 1 unspecified atom stereocenters. The number of fused-ring (bicyclic) bond motifs is 1. The van der Waals surface area contributed by atoms with E-state index >= 15 is 0 Å². The number of carbonyl (C=O) groups excluding carboxylic acids is 1. The molecular weight excluding hydrogens is 378 g/mol. The molecule has 2 aromatic rings. The van der Waals surface area contributed by atoms with E-state index in [0.29, 0.717) is 0 Å². The number of aryl methyl sites for hydroxylation is 1. The van der Waals surface area contributed by atoms with Crippen LogP contribution in [0.5, 0.6) is 0 Å².